The van der Waals surface area contributed by atoms with Gasteiger partial charge in [-0.3, -0.25) is 4.79 Å². The van der Waals surface area contributed by atoms with Gasteiger partial charge in [-0.15, -0.1) is 5.10 Å². The number of rotatable bonds is 4. The van der Waals surface area contributed by atoms with Gasteiger partial charge < -0.3 is 15.1 Å². The summed E-state index contributed by atoms with van der Waals surface area (Å²) in [5.74, 6) is 1.64. The Bertz CT molecular complexity index is 943. The average Bonchev–Trinajstić information content (AvgIpc) is 3.02. The maximum absolute atomic E-state index is 12.5. The first-order chi connectivity index (χ1) is 14.2. The first kappa shape index (κ1) is 18.9. The molecule has 1 saturated heterocycles. The molecular weight excluding hydrogens is 364 g/mol. The van der Waals surface area contributed by atoms with Gasteiger partial charge in [-0.05, 0) is 49.7 Å². The van der Waals surface area contributed by atoms with Crippen LogP contribution in [0.3, 0.4) is 0 Å². The van der Waals surface area contributed by atoms with Gasteiger partial charge in [0.1, 0.15) is 5.82 Å². The van der Waals surface area contributed by atoms with Crippen LogP contribution in [-0.2, 0) is 0 Å². The topological polar surface area (TPSA) is 74.2 Å². The van der Waals surface area contributed by atoms with Crippen molar-refractivity contribution in [3.8, 4) is 0 Å². The fourth-order valence-electron chi connectivity index (χ4n) is 3.39. The molecule has 1 aromatic carbocycles. The minimum atomic E-state index is -0.155. The summed E-state index contributed by atoms with van der Waals surface area (Å²) in [6.45, 7) is 5.57. The number of aryl methyl sites for hydroxylation is 1. The summed E-state index contributed by atoms with van der Waals surface area (Å²) >= 11 is 0. The van der Waals surface area contributed by atoms with Gasteiger partial charge in [-0.1, -0.05) is 17.7 Å². The Balaban J connectivity index is 1.38. The molecule has 2 aromatic heterocycles. The molecule has 1 N–H and O–H groups in total. The molecule has 7 nitrogen and oxygen atoms in total. The zero-order valence-corrected chi connectivity index (χ0v) is 16.5. The lowest BCUT2D eigenvalue weighted by atomic mass is 10.2. The molecule has 0 aliphatic carbocycles. The summed E-state index contributed by atoms with van der Waals surface area (Å²) in [5, 5.41) is 11.1. The van der Waals surface area contributed by atoms with E-state index in [1.54, 1.807) is 12.4 Å². The molecule has 1 fully saturated rings. The van der Waals surface area contributed by atoms with Crippen LogP contribution in [-0.4, -0.2) is 47.3 Å². The van der Waals surface area contributed by atoms with Crippen LogP contribution in [0.2, 0.25) is 0 Å². The number of pyridine rings is 1. The largest absolute Gasteiger partial charge is 0.355 e. The van der Waals surface area contributed by atoms with Crippen LogP contribution in [0.1, 0.15) is 22.3 Å². The van der Waals surface area contributed by atoms with Gasteiger partial charge in [0.15, 0.2) is 5.82 Å². The third-order valence-corrected chi connectivity index (χ3v) is 5.02. The Labute approximate surface area is 170 Å². The second-order valence-electron chi connectivity index (χ2n) is 7.13. The summed E-state index contributed by atoms with van der Waals surface area (Å²) in [6, 6.07) is 15.4. The summed E-state index contributed by atoms with van der Waals surface area (Å²) < 4.78 is 0. The maximum atomic E-state index is 12.5. The molecule has 0 radical (unpaired) electrons. The van der Waals surface area contributed by atoms with E-state index in [2.05, 4.69) is 30.3 Å². The SMILES string of the molecule is Cc1ccc(NC(=O)c2ccc(N3CCCN(c4cccnn4)CC3)nc2)cc1. The lowest BCUT2D eigenvalue weighted by Crippen LogP contribution is -2.31. The van der Waals surface area contributed by atoms with E-state index in [0.717, 1.165) is 55.5 Å². The predicted octanol–water partition coefficient (Wildman–Crippen LogP) is 3.15. The number of aromatic nitrogens is 3. The van der Waals surface area contributed by atoms with Crippen molar-refractivity contribution < 1.29 is 4.79 Å². The molecule has 0 bridgehead atoms. The standard InChI is InChI=1S/C22H24N6O/c1-17-5-8-19(9-6-17)25-22(29)18-7-10-20(23-16-18)27-12-3-13-28(15-14-27)21-4-2-11-24-26-21/h2,4-11,16H,3,12-15H2,1H3,(H,25,29). The van der Waals surface area contributed by atoms with E-state index in [1.165, 1.54) is 0 Å². The minimum absolute atomic E-state index is 0.155. The molecule has 1 amide bonds. The zero-order valence-electron chi connectivity index (χ0n) is 16.5. The Morgan fingerprint density at radius 1 is 0.931 bits per heavy atom. The number of anilines is 3. The molecule has 0 atom stereocenters. The summed E-state index contributed by atoms with van der Waals surface area (Å²) in [5.41, 5.74) is 2.48. The van der Waals surface area contributed by atoms with Crippen LogP contribution < -0.4 is 15.1 Å². The van der Waals surface area contributed by atoms with Gasteiger partial charge >= 0.3 is 0 Å². The number of hydrogen-bond donors (Lipinski definition) is 1. The minimum Gasteiger partial charge on any atom is -0.355 e. The lowest BCUT2D eigenvalue weighted by molar-refractivity contribution is 0.102. The molecular formula is C22H24N6O. The number of amides is 1. The van der Waals surface area contributed by atoms with E-state index in [9.17, 15) is 4.79 Å². The molecule has 0 unspecified atom stereocenters. The highest BCUT2D eigenvalue weighted by atomic mass is 16.1. The fourth-order valence-corrected chi connectivity index (χ4v) is 3.39. The van der Waals surface area contributed by atoms with E-state index in [1.807, 2.05) is 55.5 Å². The van der Waals surface area contributed by atoms with Gasteiger partial charge in [0.2, 0.25) is 0 Å². The third-order valence-electron chi connectivity index (χ3n) is 5.02. The van der Waals surface area contributed by atoms with E-state index in [0.29, 0.717) is 5.56 Å². The maximum Gasteiger partial charge on any atom is 0.257 e. The molecule has 148 valence electrons. The van der Waals surface area contributed by atoms with Crippen molar-refractivity contribution in [3.05, 3.63) is 72.1 Å². The number of benzene rings is 1. The molecule has 3 aromatic rings. The average molecular weight is 388 g/mol. The Morgan fingerprint density at radius 3 is 2.34 bits per heavy atom. The first-order valence-corrected chi connectivity index (χ1v) is 9.81. The molecule has 29 heavy (non-hydrogen) atoms. The quantitative estimate of drug-likeness (QED) is 0.740. The fraction of sp³-hybridized carbons (Fsp3) is 0.273. The highest BCUT2D eigenvalue weighted by Crippen LogP contribution is 2.18. The van der Waals surface area contributed by atoms with E-state index in [-0.39, 0.29) is 5.91 Å². The molecule has 1 aliphatic rings. The molecule has 7 heteroatoms. The number of carbonyl (C=O) groups is 1. The zero-order chi connectivity index (χ0) is 20.1. The van der Waals surface area contributed by atoms with Gasteiger partial charge in [0.25, 0.3) is 5.91 Å². The van der Waals surface area contributed by atoms with Crippen molar-refractivity contribution in [1.82, 2.24) is 15.2 Å². The lowest BCUT2D eigenvalue weighted by Gasteiger charge is -2.23. The highest BCUT2D eigenvalue weighted by molar-refractivity contribution is 6.04. The van der Waals surface area contributed by atoms with Crippen LogP contribution in [0.25, 0.3) is 0 Å². The van der Waals surface area contributed by atoms with Gasteiger partial charge in [0, 0.05) is 44.3 Å². The smallest absolute Gasteiger partial charge is 0.257 e. The van der Waals surface area contributed by atoms with Crippen LogP contribution in [0.15, 0.2) is 60.9 Å². The summed E-state index contributed by atoms with van der Waals surface area (Å²) in [7, 11) is 0. The highest BCUT2D eigenvalue weighted by Gasteiger charge is 2.17. The normalized spacial score (nSPS) is 14.4. The predicted molar refractivity (Wildman–Crippen MR) is 114 cm³/mol. The van der Waals surface area contributed by atoms with Crippen LogP contribution in [0, 0.1) is 6.92 Å². The number of carbonyl (C=O) groups excluding carboxylic acids is 1. The van der Waals surface area contributed by atoms with E-state index in [4.69, 9.17) is 0 Å². The van der Waals surface area contributed by atoms with Crippen molar-refractivity contribution in [2.24, 2.45) is 0 Å². The van der Waals surface area contributed by atoms with Crippen molar-refractivity contribution in [1.29, 1.82) is 0 Å². The molecule has 1 aliphatic heterocycles. The van der Waals surface area contributed by atoms with Crippen molar-refractivity contribution >= 4 is 23.2 Å². The Hall–Kier alpha value is -3.48. The summed E-state index contributed by atoms with van der Waals surface area (Å²) in [4.78, 5) is 21.5. The Morgan fingerprint density at radius 2 is 1.69 bits per heavy atom. The van der Waals surface area contributed by atoms with Crippen LogP contribution in [0.5, 0.6) is 0 Å². The second kappa shape index (κ2) is 8.68. The summed E-state index contributed by atoms with van der Waals surface area (Å²) in [6.07, 6.45) is 4.34. The molecule has 3 heterocycles. The number of hydrogen-bond acceptors (Lipinski definition) is 6. The van der Waals surface area contributed by atoms with Gasteiger partial charge in [-0.25, -0.2) is 4.98 Å². The van der Waals surface area contributed by atoms with Crippen molar-refractivity contribution in [3.63, 3.8) is 0 Å². The van der Waals surface area contributed by atoms with Crippen LogP contribution >= 0.6 is 0 Å². The molecule has 4 rings (SSSR count). The Kier molecular flexibility index (Phi) is 5.65. The van der Waals surface area contributed by atoms with Gasteiger partial charge in [-0.2, -0.15) is 5.10 Å². The number of nitrogens with one attached hydrogen (secondary N) is 1. The van der Waals surface area contributed by atoms with Crippen molar-refractivity contribution in [2.75, 3.05) is 41.3 Å². The van der Waals surface area contributed by atoms with Crippen LogP contribution in [0.4, 0.5) is 17.3 Å². The van der Waals surface area contributed by atoms with E-state index >= 15 is 0 Å². The first-order valence-electron chi connectivity index (χ1n) is 9.81. The monoisotopic (exact) mass is 388 g/mol. The van der Waals surface area contributed by atoms with Crippen molar-refractivity contribution in [2.45, 2.75) is 13.3 Å². The van der Waals surface area contributed by atoms with E-state index < -0.39 is 0 Å². The molecule has 0 saturated carbocycles. The second-order valence-corrected chi connectivity index (χ2v) is 7.13. The van der Waals surface area contributed by atoms with Gasteiger partial charge in [0.05, 0.1) is 5.56 Å². The number of nitrogens with zero attached hydrogens (tertiary/aromatic N) is 5. The molecule has 0 spiro atoms. The third kappa shape index (κ3) is 4.68.